The Morgan fingerprint density at radius 2 is 1.83 bits per heavy atom. The molecule has 0 aliphatic carbocycles. The van der Waals surface area contributed by atoms with E-state index in [1.54, 1.807) is 30.1 Å². The number of benzene rings is 2. The van der Waals surface area contributed by atoms with Crippen molar-refractivity contribution in [3.63, 3.8) is 0 Å². The van der Waals surface area contributed by atoms with Gasteiger partial charge in [0.05, 0.1) is 16.8 Å². The van der Waals surface area contributed by atoms with Crippen LogP contribution in [0, 0.1) is 5.82 Å². The van der Waals surface area contributed by atoms with E-state index in [9.17, 15) is 9.18 Å². The fourth-order valence-corrected chi connectivity index (χ4v) is 2.47. The number of nitrogens with zero attached hydrogens (tertiary/aromatic N) is 2. The van der Waals surface area contributed by atoms with E-state index in [-0.39, 0.29) is 11.7 Å². The van der Waals surface area contributed by atoms with Gasteiger partial charge < -0.3 is 4.90 Å². The third-order valence-corrected chi connectivity index (χ3v) is 3.91. The lowest BCUT2D eigenvalue weighted by atomic mass is 10.0. The Bertz CT molecular complexity index is 859. The van der Waals surface area contributed by atoms with E-state index >= 15 is 0 Å². The lowest BCUT2D eigenvalue weighted by Gasteiger charge is -2.16. The van der Waals surface area contributed by atoms with Crippen LogP contribution in [-0.2, 0) is 0 Å². The summed E-state index contributed by atoms with van der Waals surface area (Å²) >= 11 is 0. The van der Waals surface area contributed by atoms with Crippen LogP contribution >= 0.6 is 0 Å². The van der Waals surface area contributed by atoms with Crippen LogP contribution in [0.3, 0.4) is 0 Å². The fourth-order valence-electron chi connectivity index (χ4n) is 2.47. The predicted octanol–water partition coefficient (Wildman–Crippen LogP) is 4.13. The number of carbonyl (C=O) groups is 1. The van der Waals surface area contributed by atoms with E-state index in [2.05, 4.69) is 4.98 Å². The van der Waals surface area contributed by atoms with Crippen molar-refractivity contribution in [2.45, 2.75) is 6.92 Å². The molecule has 1 heterocycles. The molecule has 0 aliphatic rings. The first-order valence-electron chi connectivity index (χ1n) is 7.51. The molecule has 3 rings (SSSR count). The second kappa shape index (κ2) is 6.16. The first-order chi connectivity index (χ1) is 11.1. The fraction of sp³-hybridized carbons (Fsp3) is 0.158. The Hall–Kier alpha value is -2.75. The van der Waals surface area contributed by atoms with E-state index in [0.717, 1.165) is 16.5 Å². The molecule has 23 heavy (non-hydrogen) atoms. The molecule has 1 aromatic heterocycles. The van der Waals surface area contributed by atoms with Gasteiger partial charge in [0, 0.05) is 24.5 Å². The van der Waals surface area contributed by atoms with Crippen LogP contribution in [0.1, 0.15) is 17.3 Å². The number of pyridine rings is 1. The molecule has 0 saturated heterocycles. The van der Waals surface area contributed by atoms with E-state index in [0.29, 0.717) is 17.8 Å². The predicted molar refractivity (Wildman–Crippen MR) is 89.8 cm³/mol. The second-order valence-electron chi connectivity index (χ2n) is 5.40. The molecule has 4 heteroatoms. The van der Waals surface area contributed by atoms with Gasteiger partial charge in [0.25, 0.3) is 5.91 Å². The summed E-state index contributed by atoms with van der Waals surface area (Å²) in [6.07, 6.45) is 0. The molecule has 0 aliphatic heterocycles. The minimum Gasteiger partial charge on any atom is -0.342 e. The lowest BCUT2D eigenvalue weighted by Crippen LogP contribution is -2.26. The number of hydrogen-bond acceptors (Lipinski definition) is 2. The molecule has 0 radical (unpaired) electrons. The molecule has 0 fully saturated rings. The van der Waals surface area contributed by atoms with E-state index < -0.39 is 0 Å². The minimum absolute atomic E-state index is 0.0468. The quantitative estimate of drug-likeness (QED) is 0.729. The van der Waals surface area contributed by atoms with Crippen molar-refractivity contribution in [2.24, 2.45) is 0 Å². The SMILES string of the molecule is CCN(C)C(=O)c1cc(-c2ccc(F)cc2)nc2ccccc12. The van der Waals surface area contributed by atoms with Gasteiger partial charge in [0.15, 0.2) is 0 Å². The number of aromatic nitrogens is 1. The molecule has 116 valence electrons. The van der Waals surface area contributed by atoms with Crippen molar-refractivity contribution < 1.29 is 9.18 Å². The Kier molecular flexibility index (Phi) is 4.06. The number of carbonyl (C=O) groups excluding carboxylic acids is 1. The van der Waals surface area contributed by atoms with Crippen molar-refractivity contribution in [3.05, 3.63) is 66.0 Å². The van der Waals surface area contributed by atoms with Crippen molar-refractivity contribution in [1.29, 1.82) is 0 Å². The lowest BCUT2D eigenvalue weighted by molar-refractivity contribution is 0.0804. The van der Waals surface area contributed by atoms with Crippen LogP contribution in [0.2, 0.25) is 0 Å². The highest BCUT2D eigenvalue weighted by Crippen LogP contribution is 2.25. The van der Waals surface area contributed by atoms with Gasteiger partial charge in [-0.2, -0.15) is 0 Å². The first-order valence-corrected chi connectivity index (χ1v) is 7.51. The number of para-hydroxylation sites is 1. The molecule has 1 amide bonds. The molecule has 0 atom stereocenters. The van der Waals surface area contributed by atoms with Crippen molar-refractivity contribution in [1.82, 2.24) is 9.88 Å². The van der Waals surface area contributed by atoms with Crippen LogP contribution in [0.25, 0.3) is 22.2 Å². The molecule has 0 N–H and O–H groups in total. The van der Waals surface area contributed by atoms with Gasteiger partial charge in [-0.3, -0.25) is 4.79 Å². The van der Waals surface area contributed by atoms with E-state index in [1.165, 1.54) is 12.1 Å². The summed E-state index contributed by atoms with van der Waals surface area (Å²) in [7, 11) is 1.77. The standard InChI is InChI=1S/C19H17FN2O/c1-3-22(2)19(23)16-12-18(13-8-10-14(20)11-9-13)21-17-7-5-4-6-15(16)17/h4-12H,3H2,1-2H3. The first kappa shape index (κ1) is 15.2. The van der Waals surface area contributed by atoms with Crippen LogP contribution in [0.4, 0.5) is 4.39 Å². The summed E-state index contributed by atoms with van der Waals surface area (Å²) in [5.74, 6) is -0.342. The third-order valence-electron chi connectivity index (χ3n) is 3.91. The molecule has 0 spiro atoms. The molecular formula is C19H17FN2O. The number of amides is 1. The maximum Gasteiger partial charge on any atom is 0.254 e. The molecule has 3 aromatic rings. The number of hydrogen-bond donors (Lipinski definition) is 0. The van der Waals surface area contributed by atoms with E-state index in [1.807, 2.05) is 31.2 Å². The zero-order valence-corrected chi connectivity index (χ0v) is 13.1. The summed E-state index contributed by atoms with van der Waals surface area (Å²) in [5.41, 5.74) is 2.81. The zero-order valence-electron chi connectivity index (χ0n) is 13.1. The molecular weight excluding hydrogens is 291 g/mol. The van der Waals surface area contributed by atoms with Crippen molar-refractivity contribution in [2.75, 3.05) is 13.6 Å². The zero-order chi connectivity index (χ0) is 16.4. The molecule has 3 nitrogen and oxygen atoms in total. The molecule has 0 saturated carbocycles. The number of rotatable bonds is 3. The van der Waals surface area contributed by atoms with Crippen LogP contribution in [0.5, 0.6) is 0 Å². The van der Waals surface area contributed by atoms with Crippen LogP contribution < -0.4 is 0 Å². The van der Waals surface area contributed by atoms with E-state index in [4.69, 9.17) is 0 Å². The minimum atomic E-state index is -0.295. The Morgan fingerprint density at radius 3 is 2.52 bits per heavy atom. The number of fused-ring (bicyclic) bond motifs is 1. The summed E-state index contributed by atoms with van der Waals surface area (Å²) in [6.45, 7) is 2.56. The van der Waals surface area contributed by atoms with Gasteiger partial charge >= 0.3 is 0 Å². The Balaban J connectivity index is 2.21. The van der Waals surface area contributed by atoms with Gasteiger partial charge in [-0.1, -0.05) is 18.2 Å². The van der Waals surface area contributed by atoms with Gasteiger partial charge in [-0.25, -0.2) is 9.37 Å². The highest BCUT2D eigenvalue weighted by molar-refractivity contribution is 6.07. The van der Waals surface area contributed by atoms with Crippen molar-refractivity contribution in [3.8, 4) is 11.3 Å². The van der Waals surface area contributed by atoms with Gasteiger partial charge in [0.1, 0.15) is 5.82 Å². The maximum atomic E-state index is 13.1. The third kappa shape index (κ3) is 2.93. The highest BCUT2D eigenvalue weighted by atomic mass is 19.1. The molecule has 2 aromatic carbocycles. The van der Waals surface area contributed by atoms with Gasteiger partial charge in [0.2, 0.25) is 0 Å². The monoisotopic (exact) mass is 308 g/mol. The Labute approximate surface area is 134 Å². The average Bonchev–Trinajstić information content (AvgIpc) is 2.60. The van der Waals surface area contributed by atoms with Gasteiger partial charge in [-0.05, 0) is 43.3 Å². The van der Waals surface area contributed by atoms with Crippen LogP contribution in [0.15, 0.2) is 54.6 Å². The number of halogens is 1. The average molecular weight is 308 g/mol. The van der Waals surface area contributed by atoms with Crippen LogP contribution in [-0.4, -0.2) is 29.4 Å². The summed E-state index contributed by atoms with van der Waals surface area (Å²) < 4.78 is 13.1. The Morgan fingerprint density at radius 1 is 1.13 bits per heavy atom. The largest absolute Gasteiger partial charge is 0.342 e. The second-order valence-corrected chi connectivity index (χ2v) is 5.40. The summed E-state index contributed by atoms with van der Waals surface area (Å²) in [6, 6.07) is 15.5. The summed E-state index contributed by atoms with van der Waals surface area (Å²) in [4.78, 5) is 18.9. The topological polar surface area (TPSA) is 33.2 Å². The maximum absolute atomic E-state index is 13.1. The normalized spacial score (nSPS) is 10.7. The highest BCUT2D eigenvalue weighted by Gasteiger charge is 2.16. The summed E-state index contributed by atoms with van der Waals surface area (Å²) in [5, 5.41) is 0.823. The van der Waals surface area contributed by atoms with Gasteiger partial charge in [-0.15, -0.1) is 0 Å². The molecule has 0 bridgehead atoms. The van der Waals surface area contributed by atoms with Crippen molar-refractivity contribution >= 4 is 16.8 Å². The smallest absolute Gasteiger partial charge is 0.254 e. The molecule has 0 unspecified atom stereocenters.